The lowest BCUT2D eigenvalue weighted by Gasteiger charge is -2.05. The number of rotatable bonds is 8. The third-order valence-corrected chi connectivity index (χ3v) is 5.53. The van der Waals surface area contributed by atoms with E-state index in [0.29, 0.717) is 17.2 Å². The van der Waals surface area contributed by atoms with Crippen LogP contribution in [0.5, 0.6) is 5.75 Å². The number of carbonyl (C=O) groups is 2. The van der Waals surface area contributed by atoms with Crippen molar-refractivity contribution in [3.63, 3.8) is 0 Å². The minimum atomic E-state index is -0.742. The molecule has 7 heteroatoms. The Labute approximate surface area is 201 Å². The van der Waals surface area contributed by atoms with Gasteiger partial charge in [-0.3, -0.25) is 4.79 Å². The van der Waals surface area contributed by atoms with Crippen LogP contribution in [-0.4, -0.2) is 18.6 Å². The van der Waals surface area contributed by atoms with Crippen LogP contribution in [0.25, 0.3) is 12.2 Å². The molecular weight excluding hydrogens is 436 g/mol. The summed E-state index contributed by atoms with van der Waals surface area (Å²) in [7, 11) is 0. The standard InChI is InChI=1S/C13H15NO2S.C8H9NO2.C5H12/c1-2-8-16-11-9-6-4-3-5-7-10(9)17-12(11)13(14)15;9-8(10)11-6-7-4-2-1-3-5-7;1-3-5-4-2/h4-7H,2-3,8H2,1H3,(H2,14,15);1-5H,6H2,(H2,9,10);3-5H2,1-2H3. The Hall–Kier alpha value is -3.06. The molecule has 0 bridgehead atoms. The first-order valence-electron chi connectivity index (χ1n) is 11.3. The van der Waals surface area contributed by atoms with Crippen molar-refractivity contribution in [2.45, 2.75) is 59.5 Å². The van der Waals surface area contributed by atoms with E-state index in [1.54, 1.807) is 0 Å². The van der Waals surface area contributed by atoms with Crippen molar-refractivity contribution in [2.75, 3.05) is 6.61 Å². The topological polar surface area (TPSA) is 105 Å². The van der Waals surface area contributed by atoms with Gasteiger partial charge in [0.05, 0.1) is 6.61 Å². The predicted octanol–water partition coefficient (Wildman–Crippen LogP) is 6.54. The van der Waals surface area contributed by atoms with Gasteiger partial charge in [0, 0.05) is 10.4 Å². The van der Waals surface area contributed by atoms with E-state index in [-0.39, 0.29) is 6.61 Å². The number of allylic oxidation sites excluding steroid dienone is 2. The summed E-state index contributed by atoms with van der Waals surface area (Å²) in [6, 6.07) is 9.37. The maximum atomic E-state index is 11.4. The van der Waals surface area contributed by atoms with E-state index in [1.807, 2.05) is 49.4 Å². The second-order valence-corrected chi connectivity index (χ2v) is 8.29. The zero-order chi connectivity index (χ0) is 24.5. The molecule has 0 fully saturated rings. The molecule has 2 amide bonds. The zero-order valence-electron chi connectivity index (χ0n) is 19.8. The quantitative estimate of drug-likeness (QED) is 0.455. The monoisotopic (exact) mass is 472 g/mol. The lowest BCUT2D eigenvalue weighted by molar-refractivity contribution is 0.100. The van der Waals surface area contributed by atoms with E-state index in [0.717, 1.165) is 28.8 Å². The SMILES string of the molecule is CCCCC.CCCOc1c(C(N)=O)sc2c1C=CCC=C2.NC(=O)OCc1ccccc1. The maximum absolute atomic E-state index is 11.4. The molecule has 0 aliphatic heterocycles. The first-order valence-corrected chi connectivity index (χ1v) is 12.1. The van der Waals surface area contributed by atoms with Crippen molar-refractivity contribution in [1.82, 2.24) is 0 Å². The number of hydrogen-bond donors (Lipinski definition) is 2. The number of hydrogen-bond acceptors (Lipinski definition) is 5. The summed E-state index contributed by atoms with van der Waals surface area (Å²) in [4.78, 5) is 23.1. The number of thiophene rings is 1. The zero-order valence-corrected chi connectivity index (χ0v) is 20.7. The van der Waals surface area contributed by atoms with Gasteiger partial charge in [0.2, 0.25) is 0 Å². The van der Waals surface area contributed by atoms with Crippen LogP contribution in [0.1, 0.15) is 78.6 Å². The molecule has 1 aromatic carbocycles. The number of nitrogens with two attached hydrogens (primary N) is 2. The van der Waals surface area contributed by atoms with Gasteiger partial charge in [0.1, 0.15) is 11.5 Å². The largest absolute Gasteiger partial charge is 0.491 e. The van der Waals surface area contributed by atoms with Crippen LogP contribution < -0.4 is 16.2 Å². The molecule has 1 heterocycles. The molecule has 180 valence electrons. The molecule has 3 rings (SSSR count). The molecule has 0 radical (unpaired) electrons. The highest BCUT2D eigenvalue weighted by Crippen LogP contribution is 2.38. The molecule has 0 unspecified atom stereocenters. The van der Waals surface area contributed by atoms with Gasteiger partial charge in [-0.25, -0.2) is 4.79 Å². The summed E-state index contributed by atoms with van der Waals surface area (Å²) in [6.45, 7) is 7.30. The molecule has 0 saturated heterocycles. The number of ether oxygens (including phenoxy) is 2. The van der Waals surface area contributed by atoms with Crippen molar-refractivity contribution in [3.05, 3.63) is 63.4 Å². The van der Waals surface area contributed by atoms with E-state index in [1.165, 1.54) is 30.6 Å². The number of amides is 2. The van der Waals surface area contributed by atoms with Gasteiger partial charge >= 0.3 is 6.09 Å². The highest BCUT2D eigenvalue weighted by molar-refractivity contribution is 7.15. The summed E-state index contributed by atoms with van der Waals surface area (Å²) in [5.41, 5.74) is 12.1. The minimum absolute atomic E-state index is 0.246. The Morgan fingerprint density at radius 3 is 2.18 bits per heavy atom. The van der Waals surface area contributed by atoms with Gasteiger partial charge in [-0.2, -0.15) is 0 Å². The summed E-state index contributed by atoms with van der Waals surface area (Å²) >= 11 is 1.40. The first-order chi connectivity index (χ1) is 15.9. The van der Waals surface area contributed by atoms with Crippen LogP contribution >= 0.6 is 11.3 Å². The van der Waals surface area contributed by atoms with Crippen LogP contribution in [0, 0.1) is 0 Å². The summed E-state index contributed by atoms with van der Waals surface area (Å²) in [6.07, 6.45) is 13.3. The summed E-state index contributed by atoms with van der Waals surface area (Å²) < 4.78 is 10.2. The van der Waals surface area contributed by atoms with Crippen molar-refractivity contribution < 1.29 is 19.1 Å². The van der Waals surface area contributed by atoms with Crippen LogP contribution in [0.15, 0.2) is 42.5 Å². The third-order valence-electron chi connectivity index (χ3n) is 4.36. The Kier molecular flexibility index (Phi) is 14.0. The van der Waals surface area contributed by atoms with Crippen LogP contribution in [0.3, 0.4) is 0 Å². The molecule has 4 N–H and O–H groups in total. The average molecular weight is 473 g/mol. The fourth-order valence-corrected chi connectivity index (χ4v) is 3.78. The molecule has 0 atom stereocenters. The van der Waals surface area contributed by atoms with Crippen molar-refractivity contribution in [3.8, 4) is 5.75 Å². The fraction of sp³-hybridized carbons (Fsp3) is 0.385. The van der Waals surface area contributed by atoms with Crippen LogP contribution in [0.2, 0.25) is 0 Å². The average Bonchev–Trinajstić information content (AvgIpc) is 2.99. The lowest BCUT2D eigenvalue weighted by atomic mass is 10.2. The van der Waals surface area contributed by atoms with Crippen molar-refractivity contribution in [2.24, 2.45) is 11.5 Å². The van der Waals surface area contributed by atoms with Crippen molar-refractivity contribution in [1.29, 1.82) is 0 Å². The number of fused-ring (bicyclic) bond motifs is 1. The van der Waals surface area contributed by atoms with E-state index < -0.39 is 12.0 Å². The third kappa shape index (κ3) is 10.9. The number of unbranched alkanes of at least 4 members (excludes halogenated alkanes) is 2. The van der Waals surface area contributed by atoms with E-state index >= 15 is 0 Å². The first kappa shape index (κ1) is 28.0. The van der Waals surface area contributed by atoms with Gasteiger partial charge in [0.15, 0.2) is 5.75 Å². The molecule has 0 spiro atoms. The van der Waals surface area contributed by atoms with Gasteiger partial charge in [0.25, 0.3) is 5.91 Å². The minimum Gasteiger partial charge on any atom is -0.491 e. The summed E-state index contributed by atoms with van der Waals surface area (Å²) in [5.74, 6) is 0.220. The number of benzene rings is 1. The molecule has 33 heavy (non-hydrogen) atoms. The summed E-state index contributed by atoms with van der Waals surface area (Å²) in [5, 5.41) is 0. The Bertz CT molecular complexity index is 903. The highest BCUT2D eigenvalue weighted by atomic mass is 32.1. The highest BCUT2D eigenvalue weighted by Gasteiger charge is 2.20. The maximum Gasteiger partial charge on any atom is 0.404 e. The van der Waals surface area contributed by atoms with Gasteiger partial charge in [-0.1, -0.05) is 88.6 Å². The predicted molar refractivity (Wildman–Crippen MR) is 137 cm³/mol. The van der Waals surface area contributed by atoms with Gasteiger partial charge in [-0.05, 0) is 24.5 Å². The smallest absolute Gasteiger partial charge is 0.404 e. The molecule has 2 aromatic rings. The van der Waals surface area contributed by atoms with Crippen molar-refractivity contribution >= 4 is 35.5 Å². The normalized spacial score (nSPS) is 11.1. The molecule has 6 nitrogen and oxygen atoms in total. The van der Waals surface area contributed by atoms with Crippen LogP contribution in [-0.2, 0) is 11.3 Å². The molecule has 1 aliphatic rings. The molecular formula is C26H36N2O4S. The Morgan fingerprint density at radius 1 is 0.970 bits per heavy atom. The van der Waals surface area contributed by atoms with E-state index in [4.69, 9.17) is 16.2 Å². The second-order valence-electron chi connectivity index (χ2n) is 7.24. The molecule has 1 aromatic heterocycles. The Morgan fingerprint density at radius 2 is 1.64 bits per heavy atom. The number of primary amides is 2. The van der Waals surface area contributed by atoms with Gasteiger partial charge < -0.3 is 20.9 Å². The van der Waals surface area contributed by atoms with E-state index in [2.05, 4.69) is 30.7 Å². The number of carbonyl (C=O) groups excluding carboxylic acids is 2. The van der Waals surface area contributed by atoms with E-state index in [9.17, 15) is 9.59 Å². The Balaban J connectivity index is 0.000000292. The molecule has 1 aliphatic carbocycles. The fourth-order valence-electron chi connectivity index (χ4n) is 2.76. The van der Waals surface area contributed by atoms with Crippen LogP contribution in [0.4, 0.5) is 4.79 Å². The second kappa shape index (κ2) is 16.6. The van der Waals surface area contributed by atoms with Gasteiger partial charge in [-0.15, -0.1) is 11.3 Å². The lowest BCUT2D eigenvalue weighted by Crippen LogP contribution is -2.12. The molecule has 0 saturated carbocycles.